The van der Waals surface area contributed by atoms with E-state index in [-0.39, 0.29) is 23.4 Å². The van der Waals surface area contributed by atoms with Gasteiger partial charge in [0.2, 0.25) is 5.75 Å². The van der Waals surface area contributed by atoms with E-state index in [1.807, 2.05) is 36.4 Å². The molecule has 0 saturated carbocycles. The number of methoxy groups -OCH3 is 3. The molecule has 4 aromatic rings. The summed E-state index contributed by atoms with van der Waals surface area (Å²) in [6, 6.07) is 20.0. The maximum atomic E-state index is 13.8. The topological polar surface area (TPSA) is 119 Å². The summed E-state index contributed by atoms with van der Waals surface area (Å²) in [6.45, 7) is 4.99. The SMILES string of the molecule is COc1cc(Cc2cnc(/N=C3\C(=O)N(CN4CCN(Cc5ccccc5)CC4)c4ccc(Br)cc43)nc2N)cc(OC)c1OC. The van der Waals surface area contributed by atoms with E-state index in [1.54, 1.807) is 32.4 Å². The Balaban J connectivity index is 1.18. The molecule has 1 saturated heterocycles. The summed E-state index contributed by atoms with van der Waals surface area (Å²) < 4.78 is 17.2. The molecular weight excluding hydrogens is 650 g/mol. The van der Waals surface area contributed by atoms with E-state index in [2.05, 4.69) is 65.0 Å². The average Bonchev–Trinajstić information content (AvgIpc) is 3.31. The third-order valence-corrected chi connectivity index (χ3v) is 8.72. The summed E-state index contributed by atoms with van der Waals surface area (Å²) >= 11 is 3.55. The maximum Gasteiger partial charge on any atom is 0.278 e. The molecule has 0 atom stereocenters. The minimum Gasteiger partial charge on any atom is -0.493 e. The molecule has 0 radical (unpaired) electrons. The molecule has 12 heteroatoms. The number of amides is 1. The number of carbonyl (C=O) groups excluding carboxylic acids is 1. The van der Waals surface area contributed by atoms with Gasteiger partial charge in [-0.05, 0) is 41.5 Å². The summed E-state index contributed by atoms with van der Waals surface area (Å²) in [7, 11) is 4.70. The summed E-state index contributed by atoms with van der Waals surface area (Å²) in [5.74, 6) is 1.80. The minimum absolute atomic E-state index is 0.122. The molecule has 2 aliphatic rings. The number of anilines is 2. The van der Waals surface area contributed by atoms with Crippen molar-refractivity contribution in [3.8, 4) is 17.2 Å². The standard InChI is InChI=1S/C34H36BrN7O4/c1-44-28-16-23(17-29(45-2)31(28)46-3)15-24-19-37-34(39-32(24)36)38-30-26-18-25(35)9-10-27(26)42(33(30)43)21-41-13-11-40(12-14-41)20-22-7-5-4-6-8-22/h4-10,16-19H,11-15,20-21H2,1-3H3,(H2,36,37,39)/b38-30-. The zero-order valence-corrected chi connectivity index (χ0v) is 27.7. The molecule has 0 aliphatic carbocycles. The van der Waals surface area contributed by atoms with Gasteiger partial charge in [0.05, 0.1) is 33.7 Å². The van der Waals surface area contributed by atoms with Crippen molar-refractivity contribution >= 4 is 45.0 Å². The number of carbonyl (C=O) groups is 1. The van der Waals surface area contributed by atoms with Crippen LogP contribution in [0.25, 0.3) is 0 Å². The predicted molar refractivity (Wildman–Crippen MR) is 181 cm³/mol. The summed E-state index contributed by atoms with van der Waals surface area (Å²) in [5, 5.41) is 0. The van der Waals surface area contributed by atoms with Crippen molar-refractivity contribution in [3.63, 3.8) is 0 Å². The lowest BCUT2D eigenvalue weighted by atomic mass is 10.1. The first-order chi connectivity index (χ1) is 22.4. The molecule has 0 unspecified atom stereocenters. The number of rotatable bonds is 10. The van der Waals surface area contributed by atoms with E-state index in [0.717, 1.165) is 54.0 Å². The van der Waals surface area contributed by atoms with Crippen LogP contribution in [0.15, 0.2) is 76.3 Å². The first-order valence-corrected chi connectivity index (χ1v) is 15.8. The number of hydrogen-bond donors (Lipinski definition) is 1. The Hall–Kier alpha value is -4.52. The summed E-state index contributed by atoms with van der Waals surface area (Å²) in [5.41, 5.74) is 11.1. The second-order valence-corrected chi connectivity index (χ2v) is 12.1. The number of hydrogen-bond acceptors (Lipinski definition) is 10. The van der Waals surface area contributed by atoms with E-state index < -0.39 is 0 Å². The number of nitrogens with two attached hydrogens (primary N) is 1. The second-order valence-electron chi connectivity index (χ2n) is 11.2. The number of nitrogen functional groups attached to an aromatic ring is 1. The minimum atomic E-state index is -0.191. The number of nitrogens with zero attached hydrogens (tertiary/aromatic N) is 6. The van der Waals surface area contributed by atoms with Gasteiger partial charge in [-0.1, -0.05) is 46.3 Å². The molecule has 46 heavy (non-hydrogen) atoms. The smallest absolute Gasteiger partial charge is 0.278 e. The van der Waals surface area contributed by atoms with Crippen molar-refractivity contribution in [2.45, 2.75) is 13.0 Å². The molecule has 1 aromatic heterocycles. The van der Waals surface area contributed by atoms with Crippen LogP contribution in [-0.4, -0.2) is 85.6 Å². The fourth-order valence-corrected chi connectivity index (χ4v) is 6.18. The molecule has 1 amide bonds. The van der Waals surface area contributed by atoms with Gasteiger partial charge in [-0.3, -0.25) is 19.5 Å². The van der Waals surface area contributed by atoms with Crippen LogP contribution in [-0.2, 0) is 17.8 Å². The van der Waals surface area contributed by atoms with Gasteiger partial charge < -0.3 is 19.9 Å². The number of ether oxygens (including phenoxy) is 3. The van der Waals surface area contributed by atoms with Crippen LogP contribution in [0.1, 0.15) is 22.3 Å². The van der Waals surface area contributed by atoms with Crippen molar-refractivity contribution in [1.82, 2.24) is 19.8 Å². The van der Waals surface area contributed by atoms with Gasteiger partial charge in [0.1, 0.15) is 11.5 Å². The Morgan fingerprint density at radius 3 is 2.24 bits per heavy atom. The molecule has 3 aromatic carbocycles. The third-order valence-electron chi connectivity index (χ3n) is 8.22. The van der Waals surface area contributed by atoms with E-state index >= 15 is 0 Å². The van der Waals surface area contributed by atoms with Crippen LogP contribution in [0.3, 0.4) is 0 Å². The zero-order chi connectivity index (χ0) is 32.2. The quantitative estimate of drug-likeness (QED) is 0.254. The molecule has 3 heterocycles. The Morgan fingerprint density at radius 1 is 0.891 bits per heavy atom. The lowest BCUT2D eigenvalue weighted by molar-refractivity contribution is -0.112. The molecule has 2 N–H and O–H groups in total. The number of benzene rings is 3. The fourth-order valence-electron chi connectivity index (χ4n) is 5.82. The van der Waals surface area contributed by atoms with Crippen LogP contribution in [0.4, 0.5) is 17.5 Å². The maximum absolute atomic E-state index is 13.8. The number of aromatic nitrogens is 2. The van der Waals surface area contributed by atoms with Gasteiger partial charge in [-0.2, -0.15) is 4.98 Å². The van der Waals surface area contributed by atoms with E-state index in [4.69, 9.17) is 19.9 Å². The van der Waals surface area contributed by atoms with Crippen LogP contribution in [0, 0.1) is 0 Å². The highest BCUT2D eigenvalue weighted by Crippen LogP contribution is 2.39. The van der Waals surface area contributed by atoms with Crippen LogP contribution in [0.2, 0.25) is 0 Å². The number of fused-ring (bicyclic) bond motifs is 1. The van der Waals surface area contributed by atoms with Crippen molar-refractivity contribution < 1.29 is 19.0 Å². The lowest BCUT2D eigenvalue weighted by Crippen LogP contribution is -2.50. The van der Waals surface area contributed by atoms with Crippen LogP contribution >= 0.6 is 15.9 Å². The normalized spacial score (nSPS) is 16.1. The molecule has 6 rings (SSSR count). The monoisotopic (exact) mass is 685 g/mol. The van der Waals surface area contributed by atoms with Crippen molar-refractivity contribution in [2.24, 2.45) is 4.99 Å². The predicted octanol–water partition coefficient (Wildman–Crippen LogP) is 4.68. The molecular formula is C34H36BrN7O4. The zero-order valence-electron chi connectivity index (χ0n) is 26.1. The van der Waals surface area contributed by atoms with E-state index in [0.29, 0.717) is 35.9 Å². The third kappa shape index (κ3) is 6.69. The van der Waals surface area contributed by atoms with Gasteiger partial charge in [0.25, 0.3) is 11.9 Å². The summed E-state index contributed by atoms with van der Waals surface area (Å²) in [6.07, 6.45) is 2.07. The number of piperazine rings is 1. The molecule has 238 valence electrons. The lowest BCUT2D eigenvalue weighted by Gasteiger charge is -2.36. The van der Waals surface area contributed by atoms with Crippen LogP contribution in [0.5, 0.6) is 17.2 Å². The highest BCUT2D eigenvalue weighted by atomic mass is 79.9. The van der Waals surface area contributed by atoms with Crippen LogP contribution < -0.4 is 24.8 Å². The second kappa shape index (κ2) is 13.9. The molecule has 11 nitrogen and oxygen atoms in total. The molecule has 2 aliphatic heterocycles. The van der Waals surface area contributed by atoms with Gasteiger partial charge >= 0.3 is 0 Å². The Morgan fingerprint density at radius 2 is 1.59 bits per heavy atom. The highest BCUT2D eigenvalue weighted by molar-refractivity contribution is 9.10. The first-order valence-electron chi connectivity index (χ1n) is 15.0. The van der Waals surface area contributed by atoms with E-state index in [9.17, 15) is 4.79 Å². The van der Waals surface area contributed by atoms with Gasteiger partial charge in [0, 0.05) is 60.9 Å². The largest absolute Gasteiger partial charge is 0.493 e. The highest BCUT2D eigenvalue weighted by Gasteiger charge is 2.36. The Labute approximate surface area is 276 Å². The van der Waals surface area contributed by atoms with Crippen molar-refractivity contribution in [2.75, 3.05) is 64.8 Å². The van der Waals surface area contributed by atoms with Gasteiger partial charge in [-0.25, -0.2) is 9.98 Å². The van der Waals surface area contributed by atoms with Crippen molar-refractivity contribution in [3.05, 3.63) is 93.6 Å². The molecule has 0 bridgehead atoms. The summed E-state index contributed by atoms with van der Waals surface area (Å²) in [4.78, 5) is 33.9. The van der Waals surface area contributed by atoms with E-state index in [1.165, 1.54) is 5.56 Å². The number of halogens is 1. The molecule has 1 fully saturated rings. The van der Waals surface area contributed by atoms with Gasteiger partial charge in [0.15, 0.2) is 11.5 Å². The number of aliphatic imine (C=N–C) groups is 1. The molecule has 0 spiro atoms. The van der Waals surface area contributed by atoms with Gasteiger partial charge in [-0.15, -0.1) is 0 Å². The average molecular weight is 687 g/mol. The first kappa shape index (κ1) is 31.5. The fraction of sp³-hybridized carbons (Fsp3) is 0.294. The Bertz CT molecular complexity index is 1740. The Kier molecular flexibility index (Phi) is 9.48. The van der Waals surface area contributed by atoms with Crippen molar-refractivity contribution in [1.29, 1.82) is 0 Å².